The van der Waals surface area contributed by atoms with Crippen molar-refractivity contribution in [3.8, 4) is 5.75 Å². The van der Waals surface area contributed by atoms with Gasteiger partial charge in [-0.15, -0.1) is 0 Å². The van der Waals surface area contributed by atoms with Crippen molar-refractivity contribution >= 4 is 10.0 Å². The molecule has 0 spiro atoms. The Balaban J connectivity index is 1.57. The summed E-state index contributed by atoms with van der Waals surface area (Å²) in [6.07, 6.45) is 5.82. The summed E-state index contributed by atoms with van der Waals surface area (Å²) in [5, 5.41) is -0.149. The Morgan fingerprint density at radius 2 is 1.75 bits per heavy atom. The van der Waals surface area contributed by atoms with Crippen LogP contribution in [0, 0.1) is 5.92 Å². The Kier molecular flexibility index (Phi) is 5.50. The SMILES string of the molecule is CC(C)c1ccc(OC[C@@H]2CCCC[C@H]2NS(=O)(=O)C2CC2)cc1. The number of sulfonamides is 1. The Bertz CT molecular complexity index is 635. The highest BCUT2D eigenvalue weighted by Gasteiger charge is 2.39. The van der Waals surface area contributed by atoms with Gasteiger partial charge in [-0.05, 0) is 49.3 Å². The molecule has 0 saturated heterocycles. The van der Waals surface area contributed by atoms with Gasteiger partial charge in [0.05, 0.1) is 11.9 Å². The van der Waals surface area contributed by atoms with E-state index in [1.807, 2.05) is 12.1 Å². The molecule has 134 valence electrons. The molecule has 0 aromatic heterocycles. The van der Waals surface area contributed by atoms with Gasteiger partial charge >= 0.3 is 0 Å². The fraction of sp³-hybridized carbons (Fsp3) is 0.684. The summed E-state index contributed by atoms with van der Waals surface area (Å²) >= 11 is 0. The van der Waals surface area contributed by atoms with E-state index in [0.29, 0.717) is 12.5 Å². The average molecular weight is 352 g/mol. The Labute approximate surface area is 146 Å². The molecule has 1 aromatic rings. The lowest BCUT2D eigenvalue weighted by atomic mass is 9.86. The van der Waals surface area contributed by atoms with Gasteiger partial charge < -0.3 is 4.74 Å². The van der Waals surface area contributed by atoms with Crippen molar-refractivity contribution in [2.24, 2.45) is 5.92 Å². The first-order chi connectivity index (χ1) is 11.5. The smallest absolute Gasteiger partial charge is 0.214 e. The monoisotopic (exact) mass is 351 g/mol. The molecule has 2 fully saturated rings. The van der Waals surface area contributed by atoms with Gasteiger partial charge in [-0.1, -0.05) is 38.8 Å². The van der Waals surface area contributed by atoms with Crippen LogP contribution in [0.3, 0.4) is 0 Å². The maximum atomic E-state index is 12.2. The van der Waals surface area contributed by atoms with Crippen LogP contribution in [0.1, 0.15) is 63.9 Å². The first-order valence-electron chi connectivity index (χ1n) is 9.19. The largest absolute Gasteiger partial charge is 0.493 e. The zero-order valence-corrected chi connectivity index (χ0v) is 15.5. The molecule has 4 nitrogen and oxygen atoms in total. The van der Waals surface area contributed by atoms with Gasteiger partial charge in [0.1, 0.15) is 5.75 Å². The van der Waals surface area contributed by atoms with E-state index in [-0.39, 0.29) is 17.2 Å². The Morgan fingerprint density at radius 3 is 2.38 bits per heavy atom. The molecule has 0 aliphatic heterocycles. The summed E-state index contributed by atoms with van der Waals surface area (Å²) in [7, 11) is -3.12. The standard InChI is InChI=1S/C19H29NO3S/c1-14(2)15-7-9-17(10-8-15)23-13-16-5-3-4-6-19(16)20-24(21,22)18-11-12-18/h7-10,14,16,18-20H,3-6,11-13H2,1-2H3/t16-,19+/m0/s1. The molecule has 0 heterocycles. The molecule has 0 unspecified atom stereocenters. The second-order valence-electron chi connectivity index (χ2n) is 7.55. The molecule has 2 atom stereocenters. The Morgan fingerprint density at radius 1 is 1.08 bits per heavy atom. The fourth-order valence-corrected chi connectivity index (χ4v) is 5.08. The predicted molar refractivity (Wildman–Crippen MR) is 96.8 cm³/mol. The molecule has 0 bridgehead atoms. The molecular weight excluding hydrogens is 322 g/mol. The van der Waals surface area contributed by atoms with Gasteiger partial charge in [0, 0.05) is 12.0 Å². The van der Waals surface area contributed by atoms with Crippen LogP contribution in [0.5, 0.6) is 5.75 Å². The van der Waals surface area contributed by atoms with Crippen LogP contribution in [0.4, 0.5) is 0 Å². The summed E-state index contributed by atoms with van der Waals surface area (Å²) in [6, 6.07) is 8.27. The van der Waals surface area contributed by atoms with Crippen molar-refractivity contribution in [2.45, 2.75) is 69.6 Å². The number of hydrogen-bond donors (Lipinski definition) is 1. The van der Waals surface area contributed by atoms with Gasteiger partial charge in [0.15, 0.2) is 0 Å². The first-order valence-corrected chi connectivity index (χ1v) is 10.7. The maximum Gasteiger partial charge on any atom is 0.214 e. The Hall–Kier alpha value is -1.07. The molecular formula is C19H29NO3S. The molecule has 0 amide bonds. The highest BCUT2D eigenvalue weighted by molar-refractivity contribution is 7.90. The topological polar surface area (TPSA) is 55.4 Å². The normalized spacial score (nSPS) is 25.0. The summed E-state index contributed by atoms with van der Waals surface area (Å²) in [5.41, 5.74) is 1.30. The minimum atomic E-state index is -3.12. The molecule has 1 aromatic carbocycles. The summed E-state index contributed by atoms with van der Waals surface area (Å²) in [5.74, 6) is 1.64. The van der Waals surface area contributed by atoms with Crippen LogP contribution >= 0.6 is 0 Å². The van der Waals surface area contributed by atoms with Crippen molar-refractivity contribution in [1.29, 1.82) is 0 Å². The second-order valence-corrected chi connectivity index (χ2v) is 9.54. The average Bonchev–Trinajstić information content (AvgIpc) is 3.39. The highest BCUT2D eigenvalue weighted by atomic mass is 32.2. The summed E-state index contributed by atoms with van der Waals surface area (Å²) in [4.78, 5) is 0. The lowest BCUT2D eigenvalue weighted by Crippen LogP contribution is -2.45. The summed E-state index contributed by atoms with van der Waals surface area (Å²) < 4.78 is 33.4. The van der Waals surface area contributed by atoms with E-state index >= 15 is 0 Å². The van der Waals surface area contributed by atoms with Gasteiger partial charge in [0.2, 0.25) is 10.0 Å². The molecule has 3 rings (SSSR count). The third-order valence-corrected chi connectivity index (χ3v) is 7.18. The van der Waals surface area contributed by atoms with Crippen LogP contribution < -0.4 is 9.46 Å². The van der Waals surface area contributed by atoms with E-state index in [2.05, 4.69) is 30.7 Å². The number of nitrogens with one attached hydrogen (secondary N) is 1. The maximum absolute atomic E-state index is 12.2. The van der Waals surface area contributed by atoms with Gasteiger partial charge in [-0.2, -0.15) is 0 Å². The van der Waals surface area contributed by atoms with Gasteiger partial charge in [0.25, 0.3) is 0 Å². The quantitative estimate of drug-likeness (QED) is 0.812. The second kappa shape index (κ2) is 7.44. The third-order valence-electron chi connectivity index (χ3n) is 5.20. The number of hydrogen-bond acceptors (Lipinski definition) is 3. The zero-order chi connectivity index (χ0) is 17.2. The molecule has 2 saturated carbocycles. The van der Waals surface area contributed by atoms with Crippen LogP contribution in [-0.2, 0) is 10.0 Å². The number of rotatable bonds is 7. The van der Waals surface area contributed by atoms with E-state index < -0.39 is 10.0 Å². The van der Waals surface area contributed by atoms with Crippen molar-refractivity contribution in [3.05, 3.63) is 29.8 Å². The molecule has 2 aliphatic carbocycles. The lowest BCUT2D eigenvalue weighted by molar-refractivity contribution is 0.180. The van der Waals surface area contributed by atoms with E-state index in [9.17, 15) is 8.42 Å². The van der Waals surface area contributed by atoms with Crippen LogP contribution in [0.25, 0.3) is 0 Å². The highest BCUT2D eigenvalue weighted by Crippen LogP contribution is 2.31. The number of benzene rings is 1. The predicted octanol–water partition coefficient (Wildman–Crippen LogP) is 3.83. The van der Waals surface area contributed by atoms with Crippen molar-refractivity contribution < 1.29 is 13.2 Å². The van der Waals surface area contributed by atoms with E-state index in [1.165, 1.54) is 5.56 Å². The minimum absolute atomic E-state index is 0.0271. The van der Waals surface area contributed by atoms with Crippen molar-refractivity contribution in [3.63, 3.8) is 0 Å². The van der Waals surface area contributed by atoms with Gasteiger partial charge in [-0.25, -0.2) is 13.1 Å². The molecule has 5 heteroatoms. The molecule has 2 aliphatic rings. The minimum Gasteiger partial charge on any atom is -0.493 e. The van der Waals surface area contributed by atoms with Crippen LogP contribution in [-0.4, -0.2) is 26.3 Å². The first kappa shape index (κ1) is 17.7. The number of ether oxygens (including phenoxy) is 1. The molecule has 1 N–H and O–H groups in total. The van der Waals surface area contributed by atoms with Crippen molar-refractivity contribution in [2.75, 3.05) is 6.61 Å². The lowest BCUT2D eigenvalue weighted by Gasteiger charge is -2.31. The van der Waals surface area contributed by atoms with E-state index in [1.54, 1.807) is 0 Å². The van der Waals surface area contributed by atoms with Crippen LogP contribution in [0.15, 0.2) is 24.3 Å². The van der Waals surface area contributed by atoms with Gasteiger partial charge in [-0.3, -0.25) is 0 Å². The van der Waals surface area contributed by atoms with Crippen LogP contribution in [0.2, 0.25) is 0 Å². The van der Waals surface area contributed by atoms with E-state index in [4.69, 9.17) is 4.74 Å². The summed E-state index contributed by atoms with van der Waals surface area (Å²) in [6.45, 7) is 4.93. The zero-order valence-electron chi connectivity index (χ0n) is 14.7. The fourth-order valence-electron chi connectivity index (χ4n) is 3.40. The molecule has 0 radical (unpaired) electrons. The van der Waals surface area contributed by atoms with E-state index in [0.717, 1.165) is 44.3 Å². The molecule has 24 heavy (non-hydrogen) atoms. The van der Waals surface area contributed by atoms with Crippen molar-refractivity contribution in [1.82, 2.24) is 4.72 Å². The third kappa shape index (κ3) is 4.51.